The minimum Gasteiger partial charge on any atom is -0.465 e. The molecule has 11 rings (SSSR count). The third-order valence-electron chi connectivity index (χ3n) is 12.1. The molecule has 0 saturated heterocycles. The van der Waals surface area contributed by atoms with Crippen LogP contribution in [0.15, 0.2) is 161 Å². The fourth-order valence-corrected chi connectivity index (χ4v) is 8.76. The largest absolute Gasteiger partial charge is 0.519 e. The summed E-state index contributed by atoms with van der Waals surface area (Å²) < 4.78 is 42.3. The monoisotopic (exact) mass is 962 g/mol. The molecule has 0 unspecified atom stereocenters. The van der Waals surface area contributed by atoms with Crippen molar-refractivity contribution >= 4 is 28.0 Å². The molecule has 1 N–H and O–H groups in total. The van der Waals surface area contributed by atoms with Crippen LogP contribution in [-0.2, 0) is 24.4 Å². The molecule has 72 heavy (non-hydrogen) atoms. The van der Waals surface area contributed by atoms with Crippen molar-refractivity contribution < 1.29 is 36.9 Å². The molecule has 18 nitrogen and oxygen atoms in total. The maximum Gasteiger partial charge on any atom is 0.519 e. The molecule has 358 valence electrons. The van der Waals surface area contributed by atoms with Gasteiger partial charge in [-0.05, 0) is 78.4 Å². The Morgan fingerprint density at radius 3 is 1.76 bits per heavy atom. The molecule has 0 aliphatic rings. The lowest BCUT2D eigenvalue weighted by Gasteiger charge is -2.13. The molecular weight excluding hydrogens is 921 g/mol. The van der Waals surface area contributed by atoms with Gasteiger partial charge in [0.2, 0.25) is 5.82 Å². The highest BCUT2D eigenvalue weighted by molar-refractivity contribution is 6.02. The zero-order valence-corrected chi connectivity index (χ0v) is 39.0. The summed E-state index contributed by atoms with van der Waals surface area (Å²) in [6.07, 6.45) is 0. The zero-order valence-electron chi connectivity index (χ0n) is 39.0. The van der Waals surface area contributed by atoms with Crippen LogP contribution in [0.4, 0.5) is 0 Å². The minimum atomic E-state index is -0.868. The molecule has 11 aromatic rings. The van der Waals surface area contributed by atoms with Crippen LogP contribution >= 0.6 is 0 Å². The van der Waals surface area contributed by atoms with Crippen molar-refractivity contribution in [3.8, 4) is 68.5 Å². The summed E-state index contributed by atoms with van der Waals surface area (Å²) in [4.78, 5) is 54.0. The number of carbonyl (C=O) groups excluding carboxylic acids is 1. The summed E-state index contributed by atoms with van der Waals surface area (Å²) in [5.74, 6) is -0.685. The Morgan fingerprint density at radius 2 is 1.17 bits per heavy atom. The third kappa shape index (κ3) is 8.61. The fourth-order valence-electron chi connectivity index (χ4n) is 8.76. The number of rotatable bonds is 16. The van der Waals surface area contributed by atoms with Crippen LogP contribution in [0.5, 0.6) is 12.0 Å². The molecule has 0 fully saturated rings. The van der Waals surface area contributed by atoms with E-state index in [0.29, 0.717) is 78.0 Å². The van der Waals surface area contributed by atoms with Crippen LogP contribution in [0, 0.1) is 6.92 Å². The van der Waals surface area contributed by atoms with Gasteiger partial charge in [0.05, 0.1) is 59.5 Å². The van der Waals surface area contributed by atoms with E-state index in [1.54, 1.807) is 25.1 Å². The molecule has 0 saturated carbocycles. The van der Waals surface area contributed by atoms with Gasteiger partial charge in [-0.3, -0.25) is 18.6 Å². The van der Waals surface area contributed by atoms with Crippen LogP contribution < -0.4 is 21.1 Å². The first kappa shape index (κ1) is 44.9. The number of para-hydroxylation sites is 2. The predicted octanol–water partition coefficient (Wildman–Crippen LogP) is 9.89. The van der Waals surface area contributed by atoms with Crippen molar-refractivity contribution in [3.05, 3.63) is 183 Å². The number of hydrogen-bond acceptors (Lipinski definition) is 15. The van der Waals surface area contributed by atoms with Gasteiger partial charge in [-0.2, -0.15) is 15.0 Å². The number of esters is 1. The second-order valence-electron chi connectivity index (χ2n) is 16.5. The number of aromatic nitrogens is 8. The Kier molecular flexibility index (Phi) is 11.9. The number of nitrogens with zero attached hydrogens (tertiary/aromatic N) is 7. The van der Waals surface area contributed by atoms with Gasteiger partial charge in [0.25, 0.3) is 17.9 Å². The smallest absolute Gasteiger partial charge is 0.465 e. The number of hydrogen-bond donors (Lipinski definition) is 1. The van der Waals surface area contributed by atoms with Gasteiger partial charge in [-0.25, -0.2) is 14.4 Å². The van der Waals surface area contributed by atoms with Crippen molar-refractivity contribution in [3.63, 3.8) is 0 Å². The molecule has 0 bridgehead atoms. The average molecular weight is 963 g/mol. The molecule has 18 heteroatoms. The SMILES string of the molecule is CCOc1nc2cccc(C(=O)OCc3oc(=O)oc3C)c2n1Cc1ccc(-c2ccccc2-c2noc(-c3cccc4nc(OCC)n(Cc5ccc(-c6ccccc6-c6noc(=O)[nH]6)cc5)c34)n2)cc1. The van der Waals surface area contributed by atoms with Crippen molar-refractivity contribution in [2.45, 2.75) is 40.5 Å². The number of aromatic amines is 1. The van der Waals surface area contributed by atoms with E-state index in [0.717, 1.165) is 50.0 Å². The van der Waals surface area contributed by atoms with E-state index in [-0.39, 0.29) is 23.7 Å². The Balaban J connectivity index is 0.868. The standard InChI is InChI=1S/C54H42N8O10/c1-4-66-51-55-42-18-10-16-40(45(42)61(51)28-32-20-26-35(27-21-32)37-13-7-9-15-39(37)48-58-53(64)72-60-48)49-57-47(59-71-49)38-14-8-6-12-36(38)34-24-22-33(23-25-34)29-62-46-41(17-11-19-43(46)56-52(62)67-5-2)50(63)68-30-44-31(3)69-54(65)70-44/h6-27H,4-5,28-30H2,1-3H3,(H,58,60,64). The highest BCUT2D eigenvalue weighted by Crippen LogP contribution is 2.37. The van der Waals surface area contributed by atoms with Crippen LogP contribution in [0.1, 0.15) is 46.9 Å². The second kappa shape index (κ2) is 19.1. The number of imidazole rings is 2. The van der Waals surface area contributed by atoms with Crippen molar-refractivity contribution in [1.29, 1.82) is 0 Å². The molecule has 0 radical (unpaired) electrons. The number of H-pyrrole nitrogens is 1. The number of aryl methyl sites for hydroxylation is 1. The van der Waals surface area contributed by atoms with E-state index in [1.165, 1.54) is 0 Å². The van der Waals surface area contributed by atoms with Crippen molar-refractivity contribution in [1.82, 2.24) is 39.4 Å². The van der Waals surface area contributed by atoms with E-state index in [9.17, 15) is 14.4 Å². The van der Waals surface area contributed by atoms with Gasteiger partial charge in [0.15, 0.2) is 24.0 Å². The first-order chi connectivity index (χ1) is 35.2. The van der Waals surface area contributed by atoms with E-state index in [2.05, 4.69) is 15.3 Å². The molecule has 0 atom stereocenters. The van der Waals surface area contributed by atoms with Gasteiger partial charge in [-0.1, -0.05) is 120 Å². The van der Waals surface area contributed by atoms with E-state index in [4.69, 9.17) is 47.0 Å². The average Bonchev–Trinajstić information content (AvgIpc) is 4.26. The quantitative estimate of drug-likeness (QED) is 0.0890. The van der Waals surface area contributed by atoms with Gasteiger partial charge in [0, 0.05) is 11.1 Å². The summed E-state index contributed by atoms with van der Waals surface area (Å²) in [5.41, 5.74) is 10.5. The third-order valence-corrected chi connectivity index (χ3v) is 12.1. The van der Waals surface area contributed by atoms with Crippen LogP contribution in [-0.4, -0.2) is 58.6 Å². The Bertz CT molecular complexity index is 3890. The van der Waals surface area contributed by atoms with Crippen LogP contribution in [0.2, 0.25) is 0 Å². The van der Waals surface area contributed by atoms with Crippen LogP contribution in [0.3, 0.4) is 0 Å². The molecule has 0 aliphatic carbocycles. The van der Waals surface area contributed by atoms with Gasteiger partial charge in [0.1, 0.15) is 0 Å². The normalized spacial score (nSPS) is 11.4. The highest BCUT2D eigenvalue weighted by atomic mass is 16.6. The van der Waals surface area contributed by atoms with Crippen molar-refractivity contribution in [2.24, 2.45) is 0 Å². The molecule has 6 aromatic carbocycles. The Morgan fingerprint density at radius 1 is 0.597 bits per heavy atom. The maximum atomic E-state index is 13.5. The van der Waals surface area contributed by atoms with Gasteiger partial charge in [-0.15, -0.1) is 0 Å². The van der Waals surface area contributed by atoms with E-state index in [1.807, 2.05) is 138 Å². The number of ether oxygens (including phenoxy) is 3. The highest BCUT2D eigenvalue weighted by Gasteiger charge is 2.24. The molecule has 0 aliphatic heterocycles. The first-order valence-corrected chi connectivity index (χ1v) is 23.0. The molecule has 5 heterocycles. The molecule has 5 aromatic heterocycles. The fraction of sp³-hybridized carbons (Fsp3) is 0.148. The Labute approximate surface area is 408 Å². The zero-order chi connectivity index (χ0) is 49.3. The summed E-state index contributed by atoms with van der Waals surface area (Å²) in [6.45, 7) is 6.57. The number of carbonyl (C=O) groups is 1. The second-order valence-corrected chi connectivity index (χ2v) is 16.5. The lowest BCUT2D eigenvalue weighted by Crippen LogP contribution is -2.10. The molecule has 0 spiro atoms. The minimum absolute atomic E-state index is 0.130. The van der Waals surface area contributed by atoms with Crippen LogP contribution in [0.25, 0.3) is 78.6 Å². The number of nitrogens with one attached hydrogen (secondary N) is 1. The number of fused-ring (bicyclic) bond motifs is 2. The summed E-state index contributed by atoms with van der Waals surface area (Å²) in [7, 11) is 0. The molecular formula is C54H42N8O10. The molecule has 0 amide bonds. The topological polar surface area (TPSA) is 222 Å². The summed E-state index contributed by atoms with van der Waals surface area (Å²) in [5, 5.41) is 8.40. The van der Waals surface area contributed by atoms with E-state index < -0.39 is 17.5 Å². The van der Waals surface area contributed by atoms with Gasteiger partial charge < -0.3 is 27.6 Å². The predicted molar refractivity (Wildman–Crippen MR) is 263 cm³/mol. The Hall–Kier alpha value is -9.58. The lowest BCUT2D eigenvalue weighted by molar-refractivity contribution is 0.0444. The van der Waals surface area contributed by atoms with Crippen molar-refractivity contribution in [2.75, 3.05) is 13.2 Å². The maximum absolute atomic E-state index is 13.5. The van der Waals surface area contributed by atoms with E-state index >= 15 is 0 Å². The van der Waals surface area contributed by atoms with Gasteiger partial charge >= 0.3 is 17.5 Å². The summed E-state index contributed by atoms with van der Waals surface area (Å²) in [6, 6.07) is 43.4. The summed E-state index contributed by atoms with van der Waals surface area (Å²) >= 11 is 0. The lowest BCUT2D eigenvalue weighted by atomic mass is 9.98. The first-order valence-electron chi connectivity index (χ1n) is 23.0. The number of benzene rings is 6.